The van der Waals surface area contributed by atoms with Crippen LogP contribution in [-0.4, -0.2) is 35.4 Å². The summed E-state index contributed by atoms with van der Waals surface area (Å²) in [6.45, 7) is 1.90. The molecule has 3 aromatic rings. The number of carbonyl (C=O) groups excluding carboxylic acids is 1. The SMILES string of the molecule is O=C(c1cc(NCC(c2ccccc2)c2ccccc2)ccc1[N+](=O)[O-])N1CCCC1. The number of nitro benzene ring substituents is 1. The van der Waals surface area contributed by atoms with Gasteiger partial charge < -0.3 is 10.2 Å². The zero-order chi connectivity index (χ0) is 21.6. The predicted octanol–water partition coefficient (Wildman–Crippen LogP) is 5.07. The molecule has 158 valence electrons. The lowest BCUT2D eigenvalue weighted by atomic mass is 9.91. The van der Waals surface area contributed by atoms with E-state index in [1.165, 1.54) is 17.2 Å². The third-order valence-corrected chi connectivity index (χ3v) is 5.73. The van der Waals surface area contributed by atoms with Crippen molar-refractivity contribution in [1.29, 1.82) is 0 Å². The maximum Gasteiger partial charge on any atom is 0.282 e. The van der Waals surface area contributed by atoms with Gasteiger partial charge in [0.25, 0.3) is 11.6 Å². The van der Waals surface area contributed by atoms with E-state index in [1.54, 1.807) is 17.0 Å². The van der Waals surface area contributed by atoms with E-state index in [0.29, 0.717) is 25.3 Å². The molecule has 0 aromatic heterocycles. The number of rotatable bonds is 7. The van der Waals surface area contributed by atoms with Crippen molar-refractivity contribution < 1.29 is 9.72 Å². The van der Waals surface area contributed by atoms with E-state index in [1.807, 2.05) is 36.4 Å². The van der Waals surface area contributed by atoms with Crippen LogP contribution in [0.5, 0.6) is 0 Å². The van der Waals surface area contributed by atoms with E-state index in [0.717, 1.165) is 12.8 Å². The van der Waals surface area contributed by atoms with Gasteiger partial charge in [0.05, 0.1) is 4.92 Å². The van der Waals surface area contributed by atoms with E-state index in [9.17, 15) is 14.9 Å². The van der Waals surface area contributed by atoms with Gasteiger partial charge in [0, 0.05) is 37.3 Å². The summed E-state index contributed by atoms with van der Waals surface area (Å²) < 4.78 is 0. The Morgan fingerprint density at radius 2 is 1.52 bits per heavy atom. The van der Waals surface area contributed by atoms with Crippen molar-refractivity contribution in [2.45, 2.75) is 18.8 Å². The van der Waals surface area contributed by atoms with E-state index in [4.69, 9.17) is 0 Å². The first-order valence-corrected chi connectivity index (χ1v) is 10.5. The van der Waals surface area contributed by atoms with E-state index < -0.39 is 4.92 Å². The summed E-state index contributed by atoms with van der Waals surface area (Å²) >= 11 is 0. The average Bonchev–Trinajstić information content (AvgIpc) is 3.35. The summed E-state index contributed by atoms with van der Waals surface area (Å²) in [7, 11) is 0. The molecule has 31 heavy (non-hydrogen) atoms. The molecule has 1 heterocycles. The molecule has 0 radical (unpaired) electrons. The third kappa shape index (κ3) is 4.74. The standard InChI is InChI=1S/C25H25N3O3/c29-25(27-15-7-8-16-27)22-17-21(13-14-24(22)28(30)31)26-18-23(19-9-3-1-4-10-19)20-11-5-2-6-12-20/h1-6,9-14,17,23,26H,7-8,15-16,18H2. The highest BCUT2D eigenvalue weighted by Gasteiger charge is 2.27. The Hall–Kier alpha value is -3.67. The fraction of sp³-hybridized carbons (Fsp3) is 0.240. The number of benzene rings is 3. The fourth-order valence-corrected chi connectivity index (χ4v) is 4.09. The summed E-state index contributed by atoms with van der Waals surface area (Å²) in [6.07, 6.45) is 1.88. The van der Waals surface area contributed by atoms with Gasteiger partial charge >= 0.3 is 0 Å². The van der Waals surface area contributed by atoms with Crippen LogP contribution < -0.4 is 5.32 Å². The Morgan fingerprint density at radius 1 is 0.935 bits per heavy atom. The maximum atomic E-state index is 12.9. The molecule has 0 saturated carbocycles. The number of carbonyl (C=O) groups is 1. The molecule has 1 aliphatic rings. The molecule has 6 heteroatoms. The minimum Gasteiger partial charge on any atom is -0.384 e. The Morgan fingerprint density at radius 3 is 2.06 bits per heavy atom. The van der Waals surface area contributed by atoms with Crippen molar-refractivity contribution in [2.75, 3.05) is 25.0 Å². The van der Waals surface area contributed by atoms with Gasteiger partial charge in [-0.2, -0.15) is 0 Å². The summed E-state index contributed by atoms with van der Waals surface area (Å²) in [5, 5.41) is 14.9. The van der Waals surface area contributed by atoms with Gasteiger partial charge in [-0.05, 0) is 36.1 Å². The Labute approximate surface area is 181 Å². The number of hydrogen-bond donors (Lipinski definition) is 1. The predicted molar refractivity (Wildman–Crippen MR) is 121 cm³/mol. The molecule has 1 fully saturated rings. The van der Waals surface area contributed by atoms with Gasteiger partial charge in [-0.1, -0.05) is 60.7 Å². The van der Waals surface area contributed by atoms with E-state index >= 15 is 0 Å². The van der Waals surface area contributed by atoms with Crippen LogP contribution in [-0.2, 0) is 0 Å². The Kier molecular flexibility index (Phi) is 6.26. The van der Waals surface area contributed by atoms with Crippen molar-refractivity contribution in [2.24, 2.45) is 0 Å². The second-order valence-corrected chi connectivity index (χ2v) is 7.74. The lowest BCUT2D eigenvalue weighted by molar-refractivity contribution is -0.385. The van der Waals surface area contributed by atoms with Crippen molar-refractivity contribution >= 4 is 17.3 Å². The quantitative estimate of drug-likeness (QED) is 0.432. The van der Waals surface area contributed by atoms with Gasteiger partial charge in [-0.15, -0.1) is 0 Å². The molecule has 6 nitrogen and oxygen atoms in total. The highest BCUT2D eigenvalue weighted by Crippen LogP contribution is 2.28. The third-order valence-electron chi connectivity index (χ3n) is 5.73. The molecule has 0 aliphatic carbocycles. The number of nitrogens with one attached hydrogen (secondary N) is 1. The Balaban J connectivity index is 1.59. The van der Waals surface area contributed by atoms with Crippen molar-refractivity contribution in [3.63, 3.8) is 0 Å². The minimum absolute atomic E-state index is 0.107. The molecule has 0 unspecified atom stereocenters. The van der Waals surface area contributed by atoms with E-state index in [-0.39, 0.29) is 23.1 Å². The van der Waals surface area contributed by atoms with Crippen LogP contribution in [0, 0.1) is 10.1 Å². The minimum atomic E-state index is -0.482. The molecule has 0 spiro atoms. The topological polar surface area (TPSA) is 75.5 Å². The van der Waals surface area contributed by atoms with Crippen molar-refractivity contribution in [1.82, 2.24) is 4.90 Å². The molecule has 3 aromatic carbocycles. The van der Waals surface area contributed by atoms with Crippen LogP contribution in [0.4, 0.5) is 11.4 Å². The van der Waals surface area contributed by atoms with E-state index in [2.05, 4.69) is 29.6 Å². The molecule has 1 N–H and O–H groups in total. The van der Waals surface area contributed by atoms with Gasteiger partial charge in [-0.3, -0.25) is 14.9 Å². The number of anilines is 1. The smallest absolute Gasteiger partial charge is 0.282 e. The average molecular weight is 415 g/mol. The zero-order valence-corrected chi connectivity index (χ0v) is 17.2. The van der Waals surface area contributed by atoms with Gasteiger partial charge in [0.1, 0.15) is 5.56 Å². The summed E-state index contributed by atoms with van der Waals surface area (Å²) in [5.41, 5.74) is 3.05. The summed E-state index contributed by atoms with van der Waals surface area (Å²) in [5.74, 6) is -0.161. The lowest BCUT2D eigenvalue weighted by Crippen LogP contribution is -2.28. The fourth-order valence-electron chi connectivity index (χ4n) is 4.09. The number of hydrogen-bond acceptors (Lipinski definition) is 4. The van der Waals surface area contributed by atoms with Crippen LogP contribution in [0.25, 0.3) is 0 Å². The first kappa shape index (κ1) is 20.6. The molecule has 1 aliphatic heterocycles. The second kappa shape index (κ2) is 9.43. The Bertz CT molecular complexity index is 1010. The molecule has 0 atom stereocenters. The normalized spacial score (nSPS) is 13.4. The van der Waals surface area contributed by atoms with Crippen LogP contribution in [0.1, 0.15) is 40.2 Å². The van der Waals surface area contributed by atoms with Crippen LogP contribution in [0.3, 0.4) is 0 Å². The maximum absolute atomic E-state index is 12.9. The second-order valence-electron chi connectivity index (χ2n) is 7.74. The number of nitrogens with zero attached hydrogens (tertiary/aromatic N) is 2. The van der Waals surface area contributed by atoms with Gasteiger partial charge in [-0.25, -0.2) is 0 Å². The summed E-state index contributed by atoms with van der Waals surface area (Å²) in [6, 6.07) is 25.1. The van der Waals surface area contributed by atoms with Gasteiger partial charge in [0.2, 0.25) is 0 Å². The molecular weight excluding hydrogens is 390 g/mol. The van der Waals surface area contributed by atoms with Crippen molar-refractivity contribution in [3.05, 3.63) is 106 Å². The first-order chi connectivity index (χ1) is 15.1. The number of amides is 1. The van der Waals surface area contributed by atoms with Crippen LogP contribution >= 0.6 is 0 Å². The molecule has 1 saturated heterocycles. The zero-order valence-electron chi connectivity index (χ0n) is 17.2. The molecule has 4 rings (SSSR count). The molecule has 1 amide bonds. The highest BCUT2D eigenvalue weighted by molar-refractivity contribution is 5.99. The highest BCUT2D eigenvalue weighted by atomic mass is 16.6. The van der Waals surface area contributed by atoms with Crippen LogP contribution in [0.2, 0.25) is 0 Å². The number of nitro groups is 1. The monoisotopic (exact) mass is 415 g/mol. The molecular formula is C25H25N3O3. The number of likely N-dealkylation sites (tertiary alicyclic amines) is 1. The van der Waals surface area contributed by atoms with Gasteiger partial charge in [0.15, 0.2) is 0 Å². The van der Waals surface area contributed by atoms with Crippen molar-refractivity contribution in [3.8, 4) is 0 Å². The molecule has 0 bridgehead atoms. The summed E-state index contributed by atoms with van der Waals surface area (Å²) in [4.78, 5) is 25.6. The largest absolute Gasteiger partial charge is 0.384 e. The van der Waals surface area contributed by atoms with Crippen LogP contribution in [0.15, 0.2) is 78.9 Å². The first-order valence-electron chi connectivity index (χ1n) is 10.5. The lowest BCUT2D eigenvalue weighted by Gasteiger charge is -2.20.